The standard InChI is InChI=1S/C41H64O12.C35H50O5.C33H48O3/c1-5-37(42)50-28-18-12-8-6-10-16-26-48-34-22-23-36(35(32-34)41(46)53-31-21-15-14-20-30-52-40(45)33(2)3)49-27-17-11-7-9-13-19-29-51-39(44)25-24-38(43)47-4;1-3-5-10-13-28-14-16-29(17-15-28)30-18-24-33(25-19-30)40-35(37)31-20-22-32(23-21-31)38-26-11-8-6-7-9-12-27-39-34(36)4-2;1-3-5-7-8-9-10-12-26-35-31-22-20-30(21-23-31)33(34)36-32-24-18-29(19-25-32)28-16-14-27(15-17-28)13-11-6-4-2/h22-23,32H,2,5-21,24-31H2,1,3-4H3;18-25,28-29H,3-17,26-27H2,1-2H3;18-25,27-28H,3-17,26H2,1-2H3. The molecule has 2 saturated carbocycles. The molecule has 0 radical (unpaired) electrons. The van der Waals surface area contributed by atoms with E-state index < -0.39 is 17.9 Å². The number of carbonyl (C=O) groups is 8. The fourth-order valence-electron chi connectivity index (χ4n) is 15.9. The third-order valence-electron chi connectivity index (χ3n) is 24.0. The van der Waals surface area contributed by atoms with Gasteiger partial charge in [0.1, 0.15) is 40.1 Å². The first-order chi connectivity index (χ1) is 62.9. The molecule has 7 rings (SSSR count). The molecule has 0 atom stereocenters. The van der Waals surface area contributed by atoms with Gasteiger partial charge in [-0.2, -0.15) is 0 Å². The minimum absolute atomic E-state index is 0.0287. The second-order valence-corrected chi connectivity index (χ2v) is 34.8. The van der Waals surface area contributed by atoms with Crippen LogP contribution in [0.25, 0.3) is 0 Å². The van der Waals surface area contributed by atoms with Gasteiger partial charge in [-0.05, 0) is 255 Å². The molecular weight excluding hydrogens is 1630 g/mol. The summed E-state index contributed by atoms with van der Waals surface area (Å²) in [6, 6.07) is 36.0. The van der Waals surface area contributed by atoms with Gasteiger partial charge in [-0.1, -0.05) is 232 Å². The summed E-state index contributed by atoms with van der Waals surface area (Å²) < 4.78 is 65.5. The predicted octanol–water partition coefficient (Wildman–Crippen LogP) is 27.7. The van der Waals surface area contributed by atoms with Crippen molar-refractivity contribution in [3.8, 4) is 34.5 Å². The molecule has 0 amide bonds. The Bertz CT molecular complexity index is 3820. The molecule has 0 aromatic heterocycles. The van der Waals surface area contributed by atoms with Gasteiger partial charge < -0.3 is 56.8 Å². The van der Waals surface area contributed by atoms with Crippen LogP contribution in [0.15, 0.2) is 127 Å². The zero-order valence-corrected chi connectivity index (χ0v) is 80.2. The molecule has 2 aliphatic rings. The van der Waals surface area contributed by atoms with Gasteiger partial charge in [0.05, 0.1) is 90.5 Å². The molecule has 2 aliphatic carbocycles. The zero-order valence-electron chi connectivity index (χ0n) is 80.2. The van der Waals surface area contributed by atoms with Gasteiger partial charge in [0.25, 0.3) is 0 Å². The van der Waals surface area contributed by atoms with Crippen LogP contribution in [0.1, 0.15) is 410 Å². The van der Waals surface area contributed by atoms with Crippen LogP contribution in [0.4, 0.5) is 0 Å². The largest absolute Gasteiger partial charge is 0.494 e. The maximum Gasteiger partial charge on any atom is 0.343 e. The fourth-order valence-corrected chi connectivity index (χ4v) is 15.9. The number of rotatable bonds is 67. The van der Waals surface area contributed by atoms with Gasteiger partial charge in [-0.25, -0.2) is 19.2 Å². The Balaban J connectivity index is 0.000000350. The van der Waals surface area contributed by atoms with Crippen LogP contribution in [0.5, 0.6) is 34.5 Å². The molecule has 0 spiro atoms. The molecule has 718 valence electrons. The van der Waals surface area contributed by atoms with Crippen molar-refractivity contribution < 1.29 is 95.2 Å². The highest BCUT2D eigenvalue weighted by Crippen LogP contribution is 2.40. The highest BCUT2D eigenvalue weighted by atomic mass is 16.6. The molecule has 129 heavy (non-hydrogen) atoms. The number of esters is 8. The van der Waals surface area contributed by atoms with Crippen LogP contribution >= 0.6 is 0 Å². The van der Waals surface area contributed by atoms with Crippen molar-refractivity contribution in [1.29, 1.82) is 0 Å². The summed E-state index contributed by atoms with van der Waals surface area (Å²) in [6.45, 7) is 19.9. The first-order valence-corrected chi connectivity index (χ1v) is 50.0. The van der Waals surface area contributed by atoms with Crippen molar-refractivity contribution in [3.05, 3.63) is 155 Å². The number of ether oxygens (including phenoxy) is 12. The Hall–Kier alpha value is -9.20. The summed E-state index contributed by atoms with van der Waals surface area (Å²) in [6.07, 6.45) is 52.1. The topological polar surface area (TPSA) is 247 Å². The number of unbranched alkanes of at least 4 members (excludes halogenated alkanes) is 28. The molecule has 0 N–H and O–H groups in total. The molecule has 5 aromatic rings. The second kappa shape index (κ2) is 71.5. The van der Waals surface area contributed by atoms with Crippen LogP contribution < -0.4 is 28.4 Å². The average molecular weight is 1790 g/mol. The lowest BCUT2D eigenvalue weighted by Crippen LogP contribution is -2.13. The van der Waals surface area contributed by atoms with Gasteiger partial charge in [-0.3, -0.25) is 19.2 Å². The smallest absolute Gasteiger partial charge is 0.343 e. The summed E-state index contributed by atoms with van der Waals surface area (Å²) >= 11 is 0. The molecule has 0 saturated heterocycles. The number of carbonyl (C=O) groups excluding carboxylic acids is 8. The zero-order chi connectivity index (χ0) is 92.8. The SMILES string of the molecule is C=C(C)C(=O)OCCCCCCOC(=O)c1cc(OCCCCCCCCOC(=O)CC)ccc1OCCCCCCCCOC(=O)CCC(=O)OC.CCCCCC1CCC(c2ccc(OC(=O)c3ccc(OCCCCCCCCOC(=O)CC)cc3)cc2)CC1.CCCCCCCCCOc1ccc(C(=O)Oc2ccc(C3CCC(CCCCC)CC3)cc2)cc1. The number of methoxy groups -OCH3 is 1. The maximum absolute atomic E-state index is 13.1. The van der Waals surface area contributed by atoms with E-state index >= 15 is 0 Å². The maximum atomic E-state index is 13.1. The van der Waals surface area contributed by atoms with Gasteiger partial charge >= 0.3 is 47.8 Å². The molecule has 0 aliphatic heterocycles. The van der Waals surface area contributed by atoms with Crippen molar-refractivity contribution in [1.82, 2.24) is 0 Å². The van der Waals surface area contributed by atoms with E-state index in [2.05, 4.69) is 56.4 Å². The molecule has 0 unspecified atom stereocenters. The van der Waals surface area contributed by atoms with Crippen LogP contribution in [-0.4, -0.2) is 114 Å². The highest BCUT2D eigenvalue weighted by Gasteiger charge is 2.25. The fraction of sp³-hybridized carbons (Fsp3) is 0.633. The highest BCUT2D eigenvalue weighted by molar-refractivity contribution is 5.93. The predicted molar refractivity (Wildman–Crippen MR) is 512 cm³/mol. The molecule has 2 fully saturated rings. The van der Waals surface area contributed by atoms with Gasteiger partial charge in [0.15, 0.2) is 0 Å². The normalized spacial score (nSPS) is 14.5. The Labute approximate surface area is 774 Å². The van der Waals surface area contributed by atoms with E-state index in [1.165, 1.54) is 159 Å². The van der Waals surface area contributed by atoms with Gasteiger partial charge in [0, 0.05) is 18.4 Å². The van der Waals surface area contributed by atoms with E-state index in [0.717, 1.165) is 171 Å². The Kier molecular flexibility index (Phi) is 61.2. The van der Waals surface area contributed by atoms with Crippen molar-refractivity contribution in [3.63, 3.8) is 0 Å². The van der Waals surface area contributed by atoms with Crippen molar-refractivity contribution in [2.75, 3.05) is 66.6 Å². The summed E-state index contributed by atoms with van der Waals surface area (Å²) in [5.41, 5.74) is 4.52. The first kappa shape index (κ1) is 110. The Morgan fingerprint density at radius 3 is 0.984 bits per heavy atom. The minimum Gasteiger partial charge on any atom is -0.494 e. The molecule has 5 aromatic carbocycles. The summed E-state index contributed by atoms with van der Waals surface area (Å²) in [7, 11) is 1.29. The minimum atomic E-state index is -0.462. The number of hydrogen-bond donors (Lipinski definition) is 0. The summed E-state index contributed by atoms with van der Waals surface area (Å²) in [4.78, 5) is 94.9. The van der Waals surface area contributed by atoms with E-state index in [9.17, 15) is 38.4 Å². The van der Waals surface area contributed by atoms with Crippen LogP contribution in [0.2, 0.25) is 0 Å². The van der Waals surface area contributed by atoms with E-state index in [-0.39, 0.29) is 49.3 Å². The second-order valence-electron chi connectivity index (χ2n) is 34.8. The van der Waals surface area contributed by atoms with Crippen molar-refractivity contribution >= 4 is 47.8 Å². The average Bonchev–Trinajstić information content (AvgIpc) is 0.846. The lowest BCUT2D eigenvalue weighted by atomic mass is 9.77. The van der Waals surface area contributed by atoms with Gasteiger partial charge in [-0.15, -0.1) is 0 Å². The van der Waals surface area contributed by atoms with E-state index in [1.807, 2.05) is 61.5 Å². The van der Waals surface area contributed by atoms with E-state index in [4.69, 9.17) is 52.1 Å². The van der Waals surface area contributed by atoms with E-state index in [0.29, 0.717) is 123 Å². The molecule has 20 nitrogen and oxygen atoms in total. The van der Waals surface area contributed by atoms with Gasteiger partial charge in [0.2, 0.25) is 0 Å². The van der Waals surface area contributed by atoms with E-state index in [1.54, 1.807) is 50.2 Å². The lowest BCUT2D eigenvalue weighted by Gasteiger charge is -2.29. The van der Waals surface area contributed by atoms with Crippen LogP contribution in [0.3, 0.4) is 0 Å². The monoisotopic (exact) mass is 1790 g/mol. The molecule has 20 heteroatoms. The third-order valence-corrected chi connectivity index (χ3v) is 24.0. The lowest BCUT2D eigenvalue weighted by molar-refractivity contribution is -0.149. The number of hydrogen-bond acceptors (Lipinski definition) is 20. The number of benzene rings is 5. The first-order valence-electron chi connectivity index (χ1n) is 50.0. The Morgan fingerprint density at radius 1 is 0.302 bits per heavy atom. The molecule has 0 heterocycles. The third kappa shape index (κ3) is 51.8. The quantitative estimate of drug-likeness (QED) is 0.0115. The van der Waals surface area contributed by atoms with Crippen LogP contribution in [0, 0.1) is 11.8 Å². The Morgan fingerprint density at radius 2 is 0.612 bits per heavy atom. The van der Waals surface area contributed by atoms with Crippen LogP contribution in [-0.2, 0) is 52.4 Å². The van der Waals surface area contributed by atoms with Crippen molar-refractivity contribution in [2.24, 2.45) is 11.8 Å². The molecule has 0 bridgehead atoms. The molecular formula is C109H162O20. The summed E-state index contributed by atoms with van der Waals surface area (Å²) in [5, 5.41) is 0. The summed E-state index contributed by atoms with van der Waals surface area (Å²) in [5.74, 6) is 4.30. The van der Waals surface area contributed by atoms with Crippen molar-refractivity contribution in [2.45, 2.75) is 368 Å².